The number of nitrogens with zero attached hydrogens (tertiary/aromatic N) is 3. The third-order valence-corrected chi connectivity index (χ3v) is 13.0. The molecular weight excluding hydrogens is 725 g/mol. The average molecular weight is 761 g/mol. The van der Waals surface area contributed by atoms with E-state index in [9.17, 15) is 24.3 Å². The van der Waals surface area contributed by atoms with E-state index >= 15 is 0 Å². The van der Waals surface area contributed by atoms with Gasteiger partial charge in [-0.1, -0.05) is 57.9 Å². The van der Waals surface area contributed by atoms with E-state index in [1.54, 1.807) is 6.07 Å². The maximum absolute atomic E-state index is 14.5. The molecule has 2 aromatic carbocycles. The Labute approximate surface area is 297 Å². The van der Waals surface area contributed by atoms with Gasteiger partial charge in [0.05, 0.1) is 31.5 Å². The minimum absolute atomic E-state index is 0.128. The fourth-order valence-corrected chi connectivity index (χ4v) is 10.2. The number of methoxy groups -OCH3 is 2. The number of halogens is 3. The fourth-order valence-electron chi connectivity index (χ4n) is 8.80. The Kier molecular flexibility index (Phi) is 8.58. The van der Waals surface area contributed by atoms with E-state index in [4.69, 9.17) is 32.7 Å². The zero-order valence-electron chi connectivity index (χ0n) is 26.5. The SMILES string of the molecule is COc1cc(O)c(C2C3=CCC4C(=O)N(C5CCN(Cc6ccccc6)CC5)C(=O)C4C3CC3(Cl)C(=O)N(CBr)C(=O)C23Cl)c(OC)c1. The molecule has 2 aromatic rings. The first-order valence-corrected chi connectivity index (χ1v) is 18.0. The second kappa shape index (κ2) is 12.3. The number of rotatable bonds is 7. The number of alkyl halides is 3. The van der Waals surface area contributed by atoms with E-state index in [0.29, 0.717) is 24.2 Å². The van der Waals surface area contributed by atoms with Gasteiger partial charge in [-0.2, -0.15) is 0 Å². The number of phenols is 1. The molecule has 6 atom stereocenters. The average Bonchev–Trinajstić information content (AvgIpc) is 3.43. The molecule has 3 heterocycles. The van der Waals surface area contributed by atoms with Gasteiger partial charge in [-0.25, -0.2) is 0 Å². The predicted octanol–water partition coefficient (Wildman–Crippen LogP) is 4.79. The number of carbonyl (C=O) groups excluding carboxylic acids is 4. The van der Waals surface area contributed by atoms with Gasteiger partial charge in [-0.05, 0) is 37.2 Å². The van der Waals surface area contributed by atoms with Crippen molar-refractivity contribution < 1.29 is 33.8 Å². The Morgan fingerprint density at radius 3 is 2.31 bits per heavy atom. The Morgan fingerprint density at radius 1 is 0.958 bits per heavy atom. The third-order valence-electron chi connectivity index (χ3n) is 11.1. The van der Waals surface area contributed by atoms with Gasteiger partial charge in [-0.3, -0.25) is 33.9 Å². The van der Waals surface area contributed by atoms with Crippen LogP contribution in [0.15, 0.2) is 54.1 Å². The molecule has 4 fully saturated rings. The van der Waals surface area contributed by atoms with E-state index < -0.39 is 45.2 Å². The summed E-state index contributed by atoms with van der Waals surface area (Å²) in [6.45, 7) is 2.29. The molecule has 13 heteroatoms. The molecule has 0 spiro atoms. The Bertz CT molecular complexity index is 1720. The third kappa shape index (κ3) is 4.75. The molecule has 254 valence electrons. The summed E-state index contributed by atoms with van der Waals surface area (Å²) in [6, 6.07) is 12.9. The maximum atomic E-state index is 14.5. The molecule has 1 N–H and O–H groups in total. The van der Waals surface area contributed by atoms with Crippen LogP contribution in [-0.4, -0.2) is 92.0 Å². The zero-order chi connectivity index (χ0) is 34.1. The summed E-state index contributed by atoms with van der Waals surface area (Å²) in [5.74, 6) is -5.00. The molecule has 0 radical (unpaired) electrons. The number of likely N-dealkylation sites (tertiary alicyclic amines) is 3. The van der Waals surface area contributed by atoms with Gasteiger partial charge in [0.15, 0.2) is 9.75 Å². The van der Waals surface area contributed by atoms with Gasteiger partial charge < -0.3 is 14.6 Å². The quantitative estimate of drug-likeness (QED) is 0.186. The molecule has 3 aliphatic heterocycles. The minimum atomic E-state index is -2.06. The summed E-state index contributed by atoms with van der Waals surface area (Å²) in [5.41, 5.74) is 1.81. The van der Waals surface area contributed by atoms with Crippen molar-refractivity contribution in [2.24, 2.45) is 17.8 Å². The number of carbonyl (C=O) groups is 4. The summed E-state index contributed by atoms with van der Waals surface area (Å²) >= 11 is 17.9. The number of hydrogen-bond acceptors (Lipinski definition) is 8. The number of piperidine rings is 1. The van der Waals surface area contributed by atoms with Crippen molar-refractivity contribution in [3.8, 4) is 17.2 Å². The van der Waals surface area contributed by atoms with Crippen LogP contribution in [-0.2, 0) is 25.7 Å². The normalized spacial score (nSPS) is 32.2. The largest absolute Gasteiger partial charge is 0.507 e. The van der Waals surface area contributed by atoms with E-state index in [2.05, 4.69) is 33.0 Å². The van der Waals surface area contributed by atoms with Crippen LogP contribution in [0.25, 0.3) is 0 Å². The summed E-state index contributed by atoms with van der Waals surface area (Å²) < 4.78 is 11.0. The summed E-state index contributed by atoms with van der Waals surface area (Å²) in [6.07, 6.45) is 3.28. The number of benzene rings is 2. The minimum Gasteiger partial charge on any atom is -0.507 e. The van der Waals surface area contributed by atoms with Crippen molar-refractivity contribution in [1.82, 2.24) is 14.7 Å². The van der Waals surface area contributed by atoms with E-state index in [-0.39, 0.29) is 53.2 Å². The molecule has 2 aliphatic carbocycles. The number of allylic oxidation sites excluding steroid dienone is 2. The first-order valence-electron chi connectivity index (χ1n) is 16.1. The summed E-state index contributed by atoms with van der Waals surface area (Å²) in [4.78, 5) is 57.3. The fraction of sp³-hybridized carbons (Fsp3) is 0.486. The number of imide groups is 2. The molecule has 5 aliphatic rings. The molecular formula is C35H36BrCl2N3O7. The Hall–Kier alpha value is -3.12. The monoisotopic (exact) mass is 759 g/mol. The number of fused-ring (bicyclic) bond motifs is 4. The number of hydrogen-bond donors (Lipinski definition) is 1. The van der Waals surface area contributed by atoms with Crippen molar-refractivity contribution in [3.63, 3.8) is 0 Å². The lowest BCUT2D eigenvalue weighted by Crippen LogP contribution is -2.60. The first kappa shape index (κ1) is 33.4. The van der Waals surface area contributed by atoms with Gasteiger partial charge in [0.25, 0.3) is 11.8 Å². The molecule has 10 nitrogen and oxygen atoms in total. The number of amides is 4. The van der Waals surface area contributed by atoms with Crippen LogP contribution in [0, 0.1) is 17.8 Å². The molecule has 48 heavy (non-hydrogen) atoms. The van der Waals surface area contributed by atoms with Gasteiger partial charge in [0.2, 0.25) is 11.8 Å². The van der Waals surface area contributed by atoms with E-state index in [1.807, 2.05) is 24.3 Å². The van der Waals surface area contributed by atoms with Crippen LogP contribution >= 0.6 is 39.1 Å². The molecule has 0 bridgehead atoms. The lowest BCUT2D eigenvalue weighted by atomic mass is 9.56. The predicted molar refractivity (Wildman–Crippen MR) is 181 cm³/mol. The highest BCUT2D eigenvalue weighted by Crippen LogP contribution is 2.67. The van der Waals surface area contributed by atoms with Crippen molar-refractivity contribution in [3.05, 3.63) is 65.2 Å². The van der Waals surface area contributed by atoms with Crippen molar-refractivity contribution in [2.45, 2.75) is 53.9 Å². The summed E-state index contributed by atoms with van der Waals surface area (Å²) in [7, 11) is 2.85. The highest BCUT2D eigenvalue weighted by Gasteiger charge is 2.77. The van der Waals surface area contributed by atoms with Gasteiger partial charge >= 0.3 is 0 Å². The Balaban J connectivity index is 1.25. The van der Waals surface area contributed by atoms with E-state index in [0.717, 1.165) is 24.5 Å². The van der Waals surface area contributed by atoms with Crippen LogP contribution in [0.1, 0.15) is 42.7 Å². The zero-order valence-corrected chi connectivity index (χ0v) is 29.6. The first-order chi connectivity index (χ1) is 23.0. The van der Waals surface area contributed by atoms with Crippen molar-refractivity contribution in [2.75, 3.05) is 32.8 Å². The smallest absolute Gasteiger partial charge is 0.254 e. The van der Waals surface area contributed by atoms with Gasteiger partial charge in [0.1, 0.15) is 17.2 Å². The topological polar surface area (TPSA) is 117 Å². The molecule has 4 amide bonds. The van der Waals surface area contributed by atoms with Gasteiger partial charge in [0, 0.05) is 49.3 Å². The highest BCUT2D eigenvalue weighted by atomic mass is 79.9. The highest BCUT2D eigenvalue weighted by molar-refractivity contribution is 9.09. The van der Waals surface area contributed by atoms with Crippen molar-refractivity contribution >= 4 is 62.8 Å². The molecule has 0 aromatic heterocycles. The lowest BCUT2D eigenvalue weighted by molar-refractivity contribution is -0.144. The Morgan fingerprint density at radius 2 is 1.67 bits per heavy atom. The molecule has 1 saturated carbocycles. The number of ether oxygens (including phenoxy) is 2. The van der Waals surface area contributed by atoms with Gasteiger partial charge in [-0.15, -0.1) is 23.2 Å². The standard InChI is InChI=1S/C35H36BrCl2N3O7/c1-47-21-14-25(42)28(26(15-21)48-2)29-22-8-9-23-27(24(22)16-34(37)32(45)40(18-36)33(46)35(29,34)38)31(44)41(30(23)43)20-10-12-39(13-11-20)17-19-6-4-3-5-7-19/h3-8,14-15,20,23-24,27,29,42H,9-13,16-18H2,1-2H3. The lowest BCUT2D eigenvalue weighted by Gasteiger charge is -2.51. The molecule has 7 rings (SSSR count). The van der Waals surface area contributed by atoms with E-state index in [1.165, 1.54) is 30.7 Å². The number of phenolic OH excluding ortho intramolecular Hbond substituents is 1. The summed E-state index contributed by atoms with van der Waals surface area (Å²) in [5, 5.41) is 11.4. The van der Waals surface area contributed by atoms with Crippen LogP contribution in [0.3, 0.4) is 0 Å². The maximum Gasteiger partial charge on any atom is 0.254 e. The molecule has 3 saturated heterocycles. The second-order valence-corrected chi connectivity index (χ2v) is 15.0. The number of aromatic hydroxyl groups is 1. The van der Waals surface area contributed by atoms with Crippen LogP contribution < -0.4 is 9.47 Å². The second-order valence-electron chi connectivity index (χ2n) is 13.3. The van der Waals surface area contributed by atoms with Crippen LogP contribution in [0.2, 0.25) is 0 Å². The molecule has 6 unspecified atom stereocenters. The van der Waals surface area contributed by atoms with Crippen LogP contribution in [0.5, 0.6) is 17.2 Å². The van der Waals surface area contributed by atoms with Crippen molar-refractivity contribution in [1.29, 1.82) is 0 Å². The van der Waals surface area contributed by atoms with Crippen LogP contribution in [0.4, 0.5) is 0 Å².